The third-order valence-electron chi connectivity index (χ3n) is 7.08. The largest absolute Gasteiger partial charge is 0.497 e. The summed E-state index contributed by atoms with van der Waals surface area (Å²) in [6, 6.07) is 11.8. The lowest BCUT2D eigenvalue weighted by atomic mass is 10.0. The topological polar surface area (TPSA) is 169 Å². The Morgan fingerprint density at radius 3 is 2.35 bits per heavy atom. The maximum Gasteiger partial charge on any atom is 0.435 e. The van der Waals surface area contributed by atoms with E-state index in [2.05, 4.69) is 21.0 Å². The van der Waals surface area contributed by atoms with Gasteiger partial charge in [-0.25, -0.2) is 17.5 Å². The minimum absolute atomic E-state index is 0.0685. The predicted octanol–water partition coefficient (Wildman–Crippen LogP) is 3.98. The number of amides is 3. The SMILES string of the molecule is CCCNC(=O)[C@H](CO)NC(=O)c1cc(OC)ccc1-n1nc(C(F)(F)F)cc1C(=O)Nc1ccc(-c2ccccc2S(C)(=O)=O)cc1F. The van der Waals surface area contributed by atoms with Crippen LogP contribution in [0.5, 0.6) is 5.75 Å². The van der Waals surface area contributed by atoms with Gasteiger partial charge < -0.3 is 25.8 Å². The molecule has 4 rings (SSSR count). The van der Waals surface area contributed by atoms with Crippen molar-refractivity contribution >= 4 is 33.2 Å². The minimum atomic E-state index is -5.05. The van der Waals surface area contributed by atoms with E-state index in [1.165, 1.54) is 37.4 Å². The molecule has 260 valence electrons. The minimum Gasteiger partial charge on any atom is -0.497 e. The number of methoxy groups -OCH3 is 1. The number of benzene rings is 3. The second kappa shape index (κ2) is 14.9. The number of hydrogen-bond donors (Lipinski definition) is 4. The number of anilines is 1. The van der Waals surface area contributed by atoms with Gasteiger partial charge in [-0.05, 0) is 48.4 Å². The lowest BCUT2D eigenvalue weighted by molar-refractivity contribution is -0.141. The molecule has 0 unspecified atom stereocenters. The number of sulfone groups is 1. The molecular weight excluding hydrogens is 674 g/mol. The van der Waals surface area contributed by atoms with Crippen LogP contribution in [-0.4, -0.2) is 73.6 Å². The van der Waals surface area contributed by atoms with Crippen molar-refractivity contribution in [2.75, 3.05) is 31.8 Å². The molecule has 0 radical (unpaired) electrons. The first-order valence-corrected chi connectivity index (χ1v) is 16.4. The Morgan fingerprint density at radius 1 is 1.02 bits per heavy atom. The molecule has 1 aromatic heterocycles. The van der Waals surface area contributed by atoms with Gasteiger partial charge in [-0.3, -0.25) is 14.4 Å². The molecule has 0 aliphatic carbocycles. The Labute approximate surface area is 278 Å². The Hall–Kier alpha value is -5.29. The monoisotopic (exact) mass is 705 g/mol. The van der Waals surface area contributed by atoms with Gasteiger partial charge in [0, 0.05) is 24.4 Å². The summed E-state index contributed by atoms with van der Waals surface area (Å²) in [4.78, 5) is 39.2. The number of aliphatic hydroxyl groups is 1. The molecule has 0 saturated carbocycles. The van der Waals surface area contributed by atoms with Gasteiger partial charge in [0.1, 0.15) is 23.3 Å². The van der Waals surface area contributed by atoms with E-state index < -0.39 is 69.3 Å². The Balaban J connectivity index is 1.75. The summed E-state index contributed by atoms with van der Waals surface area (Å²) in [5.41, 5.74) is -3.11. The number of aromatic nitrogens is 2. The van der Waals surface area contributed by atoms with Gasteiger partial charge in [0.05, 0.1) is 35.6 Å². The molecule has 0 saturated heterocycles. The highest BCUT2D eigenvalue weighted by molar-refractivity contribution is 7.90. The molecule has 0 aliphatic heterocycles. The molecule has 4 N–H and O–H groups in total. The van der Waals surface area contributed by atoms with Gasteiger partial charge in [-0.15, -0.1) is 0 Å². The van der Waals surface area contributed by atoms with Crippen LogP contribution in [0.4, 0.5) is 23.2 Å². The van der Waals surface area contributed by atoms with Crippen molar-refractivity contribution in [1.82, 2.24) is 20.4 Å². The summed E-state index contributed by atoms with van der Waals surface area (Å²) in [6.45, 7) is 1.23. The van der Waals surface area contributed by atoms with Gasteiger partial charge in [-0.1, -0.05) is 31.2 Å². The van der Waals surface area contributed by atoms with Gasteiger partial charge in [0.15, 0.2) is 15.5 Å². The first kappa shape index (κ1) is 36.5. The summed E-state index contributed by atoms with van der Waals surface area (Å²) in [7, 11) is -2.43. The molecule has 1 atom stereocenters. The standard InChI is InChI=1S/C32H31F4N5O7S/c1-4-13-37-30(44)24(17-42)39-29(43)21-15-19(48-2)10-12-25(21)41-26(16-28(40-41)32(34,35)36)31(45)38-23-11-9-18(14-22(23)33)20-7-5-6-8-27(20)49(3,46)47/h5-12,14-16,24,42H,4,13,17H2,1-3H3,(H,37,44)(H,38,45)(H,39,43)/t24-/m0/s1. The average Bonchev–Trinajstić information content (AvgIpc) is 3.53. The fourth-order valence-corrected chi connectivity index (χ4v) is 5.59. The summed E-state index contributed by atoms with van der Waals surface area (Å²) in [5.74, 6) is -3.93. The number of nitrogens with one attached hydrogen (secondary N) is 3. The summed E-state index contributed by atoms with van der Waals surface area (Å²) in [6.07, 6.45) is -3.49. The Morgan fingerprint density at radius 2 is 1.73 bits per heavy atom. The first-order chi connectivity index (χ1) is 23.1. The van der Waals surface area contributed by atoms with E-state index in [4.69, 9.17) is 4.74 Å². The molecule has 0 fully saturated rings. The van der Waals surface area contributed by atoms with Crippen LogP contribution >= 0.6 is 0 Å². The van der Waals surface area contributed by atoms with Crippen LogP contribution in [0.3, 0.4) is 0 Å². The maximum atomic E-state index is 15.3. The molecule has 0 aliphatic rings. The number of rotatable bonds is 12. The van der Waals surface area contributed by atoms with Crippen LogP contribution in [0.15, 0.2) is 71.6 Å². The third kappa shape index (κ3) is 8.42. The van der Waals surface area contributed by atoms with Gasteiger partial charge >= 0.3 is 6.18 Å². The number of nitrogens with zero attached hydrogens (tertiary/aromatic N) is 2. The highest BCUT2D eigenvalue weighted by atomic mass is 32.2. The summed E-state index contributed by atoms with van der Waals surface area (Å²) >= 11 is 0. The zero-order valence-electron chi connectivity index (χ0n) is 26.3. The lowest BCUT2D eigenvalue weighted by Crippen LogP contribution is -2.49. The van der Waals surface area contributed by atoms with Gasteiger partial charge in [0.25, 0.3) is 11.8 Å². The number of alkyl halides is 3. The van der Waals surface area contributed by atoms with E-state index in [1.54, 1.807) is 13.0 Å². The van der Waals surface area contributed by atoms with Crippen LogP contribution < -0.4 is 20.7 Å². The smallest absolute Gasteiger partial charge is 0.435 e. The fraction of sp³-hybridized carbons (Fsp3) is 0.250. The normalized spacial score (nSPS) is 12.2. The molecular formula is C32H31F4N5O7S. The summed E-state index contributed by atoms with van der Waals surface area (Å²) in [5, 5.41) is 20.3. The molecule has 49 heavy (non-hydrogen) atoms. The highest BCUT2D eigenvalue weighted by Crippen LogP contribution is 2.33. The van der Waals surface area contributed by atoms with E-state index >= 15 is 4.39 Å². The van der Waals surface area contributed by atoms with E-state index in [0.717, 1.165) is 30.5 Å². The number of carbonyl (C=O) groups excluding carboxylic acids is 3. The quantitative estimate of drug-likeness (QED) is 0.161. The van der Waals surface area contributed by atoms with Crippen molar-refractivity contribution in [3.63, 3.8) is 0 Å². The second-order valence-electron chi connectivity index (χ2n) is 10.6. The molecule has 12 nitrogen and oxygen atoms in total. The zero-order valence-corrected chi connectivity index (χ0v) is 27.1. The fourth-order valence-electron chi connectivity index (χ4n) is 4.67. The highest BCUT2D eigenvalue weighted by Gasteiger charge is 2.37. The van der Waals surface area contributed by atoms with Crippen LogP contribution in [0.1, 0.15) is 39.9 Å². The number of halogens is 4. The van der Waals surface area contributed by atoms with Crippen molar-refractivity contribution in [3.05, 3.63) is 89.5 Å². The zero-order chi connectivity index (χ0) is 36.1. The second-order valence-corrected chi connectivity index (χ2v) is 12.6. The van der Waals surface area contributed by atoms with E-state index in [0.29, 0.717) is 17.2 Å². The van der Waals surface area contributed by atoms with E-state index in [-0.39, 0.29) is 39.6 Å². The third-order valence-corrected chi connectivity index (χ3v) is 8.23. The average molecular weight is 706 g/mol. The van der Waals surface area contributed by atoms with Crippen molar-refractivity contribution in [3.8, 4) is 22.6 Å². The molecule has 3 aromatic carbocycles. The lowest BCUT2D eigenvalue weighted by Gasteiger charge is -2.18. The van der Waals surface area contributed by atoms with Gasteiger partial charge in [-0.2, -0.15) is 18.3 Å². The van der Waals surface area contributed by atoms with Crippen molar-refractivity contribution < 1.29 is 50.2 Å². The number of ether oxygens (including phenoxy) is 1. The van der Waals surface area contributed by atoms with Crippen molar-refractivity contribution in [2.24, 2.45) is 0 Å². The van der Waals surface area contributed by atoms with Gasteiger partial charge in [0.2, 0.25) is 5.91 Å². The number of aliphatic hydroxyl groups excluding tert-OH is 1. The maximum absolute atomic E-state index is 15.3. The van der Waals surface area contributed by atoms with E-state index in [9.17, 15) is 41.1 Å². The van der Waals surface area contributed by atoms with Crippen LogP contribution in [0.25, 0.3) is 16.8 Å². The molecule has 3 amide bonds. The van der Waals surface area contributed by atoms with Crippen LogP contribution in [0, 0.1) is 5.82 Å². The van der Waals surface area contributed by atoms with Crippen molar-refractivity contribution in [2.45, 2.75) is 30.5 Å². The predicted molar refractivity (Wildman–Crippen MR) is 170 cm³/mol. The molecule has 0 spiro atoms. The number of hydrogen-bond acceptors (Lipinski definition) is 8. The van der Waals surface area contributed by atoms with Crippen molar-refractivity contribution in [1.29, 1.82) is 0 Å². The van der Waals surface area contributed by atoms with E-state index in [1.807, 2.05) is 0 Å². The molecule has 1 heterocycles. The molecule has 4 aromatic rings. The van der Waals surface area contributed by atoms with Crippen LogP contribution in [0.2, 0.25) is 0 Å². The first-order valence-electron chi connectivity index (χ1n) is 14.5. The Bertz CT molecular complexity index is 2000. The summed E-state index contributed by atoms with van der Waals surface area (Å²) < 4.78 is 87.1. The van der Waals surface area contributed by atoms with Crippen LogP contribution in [-0.2, 0) is 20.8 Å². The Kier molecular flexibility index (Phi) is 11.1. The molecule has 0 bridgehead atoms. The number of carbonyl (C=O) groups is 3. The molecule has 17 heteroatoms.